The largest absolute Gasteiger partial charge is 0.357 e. The molecule has 2 heterocycles. The lowest BCUT2D eigenvalue weighted by atomic mass is 10.1. The van der Waals surface area contributed by atoms with E-state index in [4.69, 9.17) is 0 Å². The van der Waals surface area contributed by atoms with E-state index in [1.165, 1.54) is 5.56 Å². The maximum absolute atomic E-state index is 12.7. The molecule has 1 aliphatic heterocycles. The Hall–Kier alpha value is -1.82. The third kappa shape index (κ3) is 5.37. The van der Waals surface area contributed by atoms with Gasteiger partial charge >= 0.3 is 0 Å². The van der Waals surface area contributed by atoms with Crippen LogP contribution in [0.5, 0.6) is 0 Å². The van der Waals surface area contributed by atoms with Crippen molar-refractivity contribution < 1.29 is 9.59 Å². The summed E-state index contributed by atoms with van der Waals surface area (Å²) in [6.07, 6.45) is 3.81. The van der Waals surface area contributed by atoms with Gasteiger partial charge < -0.3 is 15.2 Å². The molecule has 0 aromatic carbocycles. The van der Waals surface area contributed by atoms with Crippen LogP contribution in [0.3, 0.4) is 0 Å². The molecule has 6 nitrogen and oxygen atoms in total. The Balaban J connectivity index is 1.89. The fourth-order valence-electron chi connectivity index (χ4n) is 3.11. The topological polar surface area (TPSA) is 68.4 Å². The molecule has 1 saturated heterocycles. The lowest BCUT2D eigenvalue weighted by molar-refractivity contribution is -0.122. The average Bonchev–Trinajstić information content (AvgIpc) is 2.84. The molecule has 2 rings (SSSR count). The minimum atomic E-state index is 0.0555. The highest BCUT2D eigenvalue weighted by Crippen LogP contribution is 2.13. The smallest absolute Gasteiger partial charge is 0.270 e. The summed E-state index contributed by atoms with van der Waals surface area (Å²) in [7, 11) is 0. The van der Waals surface area contributed by atoms with Crippen LogP contribution in [0.15, 0.2) is 12.3 Å². The highest BCUT2D eigenvalue weighted by molar-refractivity contribution is 5.92. The molecule has 2 N–H and O–H groups in total. The standard InChI is InChI=1S/C18H30N4O2/c1-4-19-17(23)13-21-6-5-7-22(9-8-21)18(24)16-11-15(12-20-16)10-14(2)3/h11-12,14,20H,4-10,13H2,1-3H3,(H,19,23). The van der Waals surface area contributed by atoms with E-state index in [0.717, 1.165) is 32.5 Å². The summed E-state index contributed by atoms with van der Waals surface area (Å²) in [6.45, 7) is 10.3. The van der Waals surface area contributed by atoms with E-state index < -0.39 is 0 Å². The second-order valence-corrected chi connectivity index (χ2v) is 6.89. The minimum Gasteiger partial charge on any atom is -0.357 e. The number of hydrogen-bond donors (Lipinski definition) is 2. The Morgan fingerprint density at radius 1 is 1.25 bits per heavy atom. The van der Waals surface area contributed by atoms with E-state index in [2.05, 4.69) is 29.0 Å². The number of nitrogens with zero attached hydrogens (tertiary/aromatic N) is 2. The van der Waals surface area contributed by atoms with Crippen molar-refractivity contribution in [3.8, 4) is 0 Å². The summed E-state index contributed by atoms with van der Waals surface area (Å²) >= 11 is 0. The zero-order chi connectivity index (χ0) is 17.5. The summed E-state index contributed by atoms with van der Waals surface area (Å²) < 4.78 is 0. The molecule has 134 valence electrons. The fraction of sp³-hybridized carbons (Fsp3) is 0.667. The van der Waals surface area contributed by atoms with Crippen molar-refractivity contribution in [3.63, 3.8) is 0 Å². The molecule has 6 heteroatoms. The van der Waals surface area contributed by atoms with Crippen molar-refractivity contribution in [1.82, 2.24) is 20.1 Å². The van der Waals surface area contributed by atoms with Gasteiger partial charge in [0, 0.05) is 38.9 Å². The predicted molar refractivity (Wildman–Crippen MR) is 95.0 cm³/mol. The third-order valence-electron chi connectivity index (χ3n) is 4.23. The van der Waals surface area contributed by atoms with Crippen molar-refractivity contribution in [1.29, 1.82) is 0 Å². The van der Waals surface area contributed by atoms with Gasteiger partial charge in [0.1, 0.15) is 5.69 Å². The molecule has 0 aliphatic carbocycles. The zero-order valence-electron chi connectivity index (χ0n) is 15.1. The normalized spacial score (nSPS) is 16.2. The van der Waals surface area contributed by atoms with Crippen molar-refractivity contribution in [3.05, 3.63) is 23.5 Å². The number of rotatable bonds is 6. The van der Waals surface area contributed by atoms with Crippen LogP contribution >= 0.6 is 0 Å². The second-order valence-electron chi connectivity index (χ2n) is 6.89. The number of nitrogens with one attached hydrogen (secondary N) is 2. The summed E-state index contributed by atoms with van der Waals surface area (Å²) in [5.74, 6) is 0.689. The van der Waals surface area contributed by atoms with Crippen molar-refractivity contribution >= 4 is 11.8 Å². The predicted octanol–water partition coefficient (Wildman–Crippen LogP) is 1.50. The van der Waals surface area contributed by atoms with E-state index in [-0.39, 0.29) is 11.8 Å². The first-order valence-electron chi connectivity index (χ1n) is 8.95. The highest BCUT2D eigenvalue weighted by atomic mass is 16.2. The Morgan fingerprint density at radius 2 is 2.04 bits per heavy atom. The van der Waals surface area contributed by atoms with E-state index in [1.807, 2.05) is 24.1 Å². The van der Waals surface area contributed by atoms with Crippen LogP contribution in [0, 0.1) is 5.92 Å². The van der Waals surface area contributed by atoms with Crippen LogP contribution in [0.2, 0.25) is 0 Å². The summed E-state index contributed by atoms with van der Waals surface area (Å²) in [4.78, 5) is 31.5. The van der Waals surface area contributed by atoms with E-state index >= 15 is 0 Å². The molecular formula is C18H30N4O2. The van der Waals surface area contributed by atoms with Gasteiger partial charge in [0.25, 0.3) is 5.91 Å². The SMILES string of the molecule is CCNC(=O)CN1CCCN(C(=O)c2cc(CC(C)C)c[nH]2)CC1. The molecule has 0 saturated carbocycles. The molecule has 1 aromatic rings. The van der Waals surface area contributed by atoms with Crippen LogP contribution in [-0.2, 0) is 11.2 Å². The van der Waals surface area contributed by atoms with Gasteiger partial charge in [-0.1, -0.05) is 13.8 Å². The van der Waals surface area contributed by atoms with Crippen molar-refractivity contribution in [2.75, 3.05) is 39.3 Å². The molecule has 0 spiro atoms. The maximum Gasteiger partial charge on any atom is 0.270 e. The second kappa shape index (κ2) is 8.87. The Kier molecular flexibility index (Phi) is 6.85. The molecule has 2 amide bonds. The quantitative estimate of drug-likeness (QED) is 0.828. The number of likely N-dealkylation sites (N-methyl/N-ethyl adjacent to an activating group) is 1. The molecule has 1 aromatic heterocycles. The number of aromatic amines is 1. The number of aromatic nitrogens is 1. The first-order chi connectivity index (χ1) is 11.5. The van der Waals surface area contributed by atoms with Gasteiger partial charge in [0.15, 0.2) is 0 Å². The molecule has 0 atom stereocenters. The number of H-pyrrole nitrogens is 1. The van der Waals surface area contributed by atoms with Crippen LogP contribution in [0.1, 0.15) is 43.2 Å². The lowest BCUT2D eigenvalue weighted by Gasteiger charge is -2.21. The summed E-state index contributed by atoms with van der Waals surface area (Å²) in [5.41, 5.74) is 1.85. The van der Waals surface area contributed by atoms with Crippen LogP contribution in [0.25, 0.3) is 0 Å². The van der Waals surface area contributed by atoms with Crippen LogP contribution < -0.4 is 5.32 Å². The lowest BCUT2D eigenvalue weighted by Crippen LogP contribution is -2.40. The number of amides is 2. The number of hydrogen-bond acceptors (Lipinski definition) is 3. The first-order valence-corrected chi connectivity index (χ1v) is 8.95. The molecule has 24 heavy (non-hydrogen) atoms. The summed E-state index contributed by atoms with van der Waals surface area (Å²) in [6, 6.07) is 1.97. The number of carbonyl (C=O) groups excluding carboxylic acids is 2. The van der Waals surface area contributed by atoms with Gasteiger partial charge in [-0.25, -0.2) is 0 Å². The van der Waals surface area contributed by atoms with Gasteiger partial charge in [-0.05, 0) is 37.3 Å². The van der Waals surface area contributed by atoms with Crippen LogP contribution in [-0.4, -0.2) is 65.9 Å². The Bertz CT molecular complexity index is 553. The molecule has 0 bridgehead atoms. The van der Waals surface area contributed by atoms with Gasteiger partial charge in [0.05, 0.1) is 6.54 Å². The molecule has 0 radical (unpaired) electrons. The van der Waals surface area contributed by atoms with Crippen molar-refractivity contribution in [2.45, 2.75) is 33.6 Å². The third-order valence-corrected chi connectivity index (χ3v) is 4.23. The molecule has 0 unspecified atom stereocenters. The first kappa shape index (κ1) is 18.5. The zero-order valence-corrected chi connectivity index (χ0v) is 15.1. The highest BCUT2D eigenvalue weighted by Gasteiger charge is 2.22. The van der Waals surface area contributed by atoms with E-state index in [9.17, 15) is 9.59 Å². The van der Waals surface area contributed by atoms with Crippen molar-refractivity contribution in [2.24, 2.45) is 5.92 Å². The molecule has 1 fully saturated rings. The summed E-state index contributed by atoms with van der Waals surface area (Å²) in [5, 5.41) is 2.83. The van der Waals surface area contributed by atoms with Gasteiger partial charge in [0.2, 0.25) is 5.91 Å². The Labute approximate surface area is 144 Å². The minimum absolute atomic E-state index is 0.0555. The average molecular weight is 334 g/mol. The molecular weight excluding hydrogens is 304 g/mol. The van der Waals surface area contributed by atoms with Gasteiger partial charge in [-0.3, -0.25) is 14.5 Å². The van der Waals surface area contributed by atoms with Crippen LogP contribution in [0.4, 0.5) is 0 Å². The monoisotopic (exact) mass is 334 g/mol. The fourth-order valence-corrected chi connectivity index (χ4v) is 3.11. The Morgan fingerprint density at radius 3 is 2.75 bits per heavy atom. The van der Waals surface area contributed by atoms with Gasteiger partial charge in [-0.2, -0.15) is 0 Å². The maximum atomic E-state index is 12.7. The van der Waals surface area contributed by atoms with E-state index in [0.29, 0.717) is 31.2 Å². The number of carbonyl (C=O) groups is 2. The van der Waals surface area contributed by atoms with E-state index in [1.54, 1.807) is 0 Å². The van der Waals surface area contributed by atoms with Gasteiger partial charge in [-0.15, -0.1) is 0 Å². The molecule has 1 aliphatic rings.